The summed E-state index contributed by atoms with van der Waals surface area (Å²) in [4.78, 5) is 4.18. The van der Waals surface area contributed by atoms with E-state index in [1.807, 2.05) is 48.5 Å². The van der Waals surface area contributed by atoms with Gasteiger partial charge in [-0.1, -0.05) is 23.7 Å². The van der Waals surface area contributed by atoms with Crippen LogP contribution in [0, 0.1) is 0 Å². The summed E-state index contributed by atoms with van der Waals surface area (Å²) in [5.74, 6) is 2.34. The lowest BCUT2D eigenvalue weighted by Gasteiger charge is -2.13. The maximum atomic E-state index is 5.88. The zero-order valence-electron chi connectivity index (χ0n) is 13.9. The van der Waals surface area contributed by atoms with Gasteiger partial charge in [0.2, 0.25) is 0 Å². The molecule has 0 bridgehead atoms. The maximum Gasteiger partial charge on any atom is 0.191 e. The van der Waals surface area contributed by atoms with E-state index in [2.05, 4.69) is 15.6 Å². The Labute approximate surface area is 147 Å². The zero-order chi connectivity index (χ0) is 17.2. The third-order valence-electron chi connectivity index (χ3n) is 3.32. The van der Waals surface area contributed by atoms with E-state index in [1.165, 1.54) is 0 Å². The van der Waals surface area contributed by atoms with Gasteiger partial charge in [0.1, 0.15) is 18.1 Å². The molecule has 0 aliphatic heterocycles. The lowest BCUT2D eigenvalue weighted by atomic mass is 10.2. The molecule has 0 unspecified atom stereocenters. The number of nitrogens with zero attached hydrogens (tertiary/aromatic N) is 1. The minimum absolute atomic E-state index is 0.536. The second-order valence-corrected chi connectivity index (χ2v) is 5.44. The van der Waals surface area contributed by atoms with Crippen molar-refractivity contribution in [3.8, 4) is 11.5 Å². The first-order valence-electron chi connectivity index (χ1n) is 7.67. The molecule has 0 aliphatic carbocycles. The SMILES string of the molecule is CN=C(NCCOc1ccc(OC)cc1)NCc1ccc(Cl)cc1. The molecule has 5 nitrogen and oxygen atoms in total. The van der Waals surface area contributed by atoms with E-state index < -0.39 is 0 Å². The van der Waals surface area contributed by atoms with Gasteiger partial charge in [0.05, 0.1) is 13.7 Å². The number of ether oxygens (including phenoxy) is 2. The van der Waals surface area contributed by atoms with Crippen molar-refractivity contribution in [2.45, 2.75) is 6.54 Å². The van der Waals surface area contributed by atoms with E-state index in [9.17, 15) is 0 Å². The number of rotatable bonds is 7. The fourth-order valence-electron chi connectivity index (χ4n) is 2.02. The molecule has 0 fully saturated rings. The summed E-state index contributed by atoms with van der Waals surface area (Å²) < 4.78 is 10.8. The van der Waals surface area contributed by atoms with E-state index in [1.54, 1.807) is 14.2 Å². The molecule has 24 heavy (non-hydrogen) atoms. The molecule has 2 aromatic carbocycles. The van der Waals surface area contributed by atoms with Crippen molar-refractivity contribution in [1.82, 2.24) is 10.6 Å². The van der Waals surface area contributed by atoms with Crippen molar-refractivity contribution < 1.29 is 9.47 Å². The Balaban J connectivity index is 1.68. The average Bonchev–Trinajstić information content (AvgIpc) is 2.63. The summed E-state index contributed by atoms with van der Waals surface area (Å²) >= 11 is 5.88. The number of nitrogens with one attached hydrogen (secondary N) is 2. The van der Waals surface area contributed by atoms with Crippen LogP contribution >= 0.6 is 11.6 Å². The molecule has 0 amide bonds. The predicted molar refractivity (Wildman–Crippen MR) is 98.1 cm³/mol. The number of aliphatic imine (C=N–C) groups is 1. The highest BCUT2D eigenvalue weighted by Crippen LogP contribution is 2.16. The number of halogens is 1. The van der Waals surface area contributed by atoms with Crippen LogP contribution in [0.25, 0.3) is 0 Å². The summed E-state index contributed by atoms with van der Waals surface area (Å²) in [6.45, 7) is 1.86. The first kappa shape index (κ1) is 17.9. The predicted octanol–water partition coefficient (Wildman–Crippen LogP) is 3.09. The highest BCUT2D eigenvalue weighted by Gasteiger charge is 1.99. The number of methoxy groups -OCH3 is 1. The van der Waals surface area contributed by atoms with E-state index in [0.29, 0.717) is 19.7 Å². The number of guanidine groups is 1. The van der Waals surface area contributed by atoms with Crippen molar-refractivity contribution in [2.75, 3.05) is 27.3 Å². The third-order valence-corrected chi connectivity index (χ3v) is 3.57. The van der Waals surface area contributed by atoms with Gasteiger partial charge < -0.3 is 20.1 Å². The summed E-state index contributed by atoms with van der Waals surface area (Å²) in [7, 11) is 3.38. The van der Waals surface area contributed by atoms with Gasteiger partial charge in [-0.3, -0.25) is 4.99 Å². The monoisotopic (exact) mass is 347 g/mol. The van der Waals surface area contributed by atoms with Crippen LogP contribution in [0.4, 0.5) is 0 Å². The van der Waals surface area contributed by atoms with Crippen LogP contribution in [0.5, 0.6) is 11.5 Å². The molecule has 128 valence electrons. The molecular formula is C18H22ClN3O2. The first-order chi connectivity index (χ1) is 11.7. The Morgan fingerprint density at radius 1 is 1.00 bits per heavy atom. The van der Waals surface area contributed by atoms with Crippen molar-refractivity contribution >= 4 is 17.6 Å². The topological polar surface area (TPSA) is 54.9 Å². The molecule has 0 aromatic heterocycles. The lowest BCUT2D eigenvalue weighted by molar-refractivity contribution is 0.321. The Hall–Kier alpha value is -2.40. The van der Waals surface area contributed by atoms with E-state index in [0.717, 1.165) is 28.0 Å². The normalized spacial score (nSPS) is 11.0. The van der Waals surface area contributed by atoms with Crippen LogP contribution < -0.4 is 20.1 Å². The molecule has 0 atom stereocenters. The fourth-order valence-corrected chi connectivity index (χ4v) is 2.14. The minimum Gasteiger partial charge on any atom is -0.497 e. The molecule has 0 radical (unpaired) electrons. The van der Waals surface area contributed by atoms with Gasteiger partial charge >= 0.3 is 0 Å². The summed E-state index contributed by atoms with van der Waals surface area (Å²) in [6.07, 6.45) is 0. The Morgan fingerprint density at radius 3 is 2.29 bits per heavy atom. The molecule has 6 heteroatoms. The highest BCUT2D eigenvalue weighted by atomic mass is 35.5. The van der Waals surface area contributed by atoms with Gasteiger partial charge in [0, 0.05) is 18.6 Å². The van der Waals surface area contributed by atoms with Crippen LogP contribution in [0.2, 0.25) is 5.02 Å². The van der Waals surface area contributed by atoms with Crippen molar-refractivity contribution in [2.24, 2.45) is 4.99 Å². The summed E-state index contributed by atoms with van der Waals surface area (Å²) in [5, 5.41) is 7.18. The Bertz CT molecular complexity index is 642. The second-order valence-electron chi connectivity index (χ2n) is 5.00. The molecule has 2 rings (SSSR count). The molecular weight excluding hydrogens is 326 g/mol. The Kier molecular flexibility index (Phi) is 7.23. The maximum absolute atomic E-state index is 5.88. The van der Waals surface area contributed by atoms with Gasteiger partial charge in [0.25, 0.3) is 0 Å². The second kappa shape index (κ2) is 9.67. The quantitative estimate of drug-likeness (QED) is 0.459. The lowest BCUT2D eigenvalue weighted by Crippen LogP contribution is -2.38. The zero-order valence-corrected chi connectivity index (χ0v) is 14.6. The summed E-state index contributed by atoms with van der Waals surface area (Å²) in [5.41, 5.74) is 1.14. The van der Waals surface area contributed by atoms with Gasteiger partial charge in [-0.05, 0) is 42.0 Å². The standard InChI is InChI=1S/C18H22ClN3O2/c1-20-18(22-13-14-3-5-15(19)6-4-14)21-11-12-24-17-9-7-16(23-2)8-10-17/h3-10H,11-13H2,1-2H3,(H2,20,21,22). The average molecular weight is 348 g/mol. The molecule has 0 saturated heterocycles. The van der Waals surface area contributed by atoms with Crippen molar-refractivity contribution in [3.63, 3.8) is 0 Å². The molecule has 0 aliphatic rings. The van der Waals surface area contributed by atoms with Crippen LogP contribution in [-0.2, 0) is 6.54 Å². The smallest absolute Gasteiger partial charge is 0.191 e. The van der Waals surface area contributed by atoms with E-state index in [-0.39, 0.29) is 0 Å². The third kappa shape index (κ3) is 6.01. The molecule has 2 N–H and O–H groups in total. The molecule has 0 saturated carbocycles. The van der Waals surface area contributed by atoms with Crippen molar-refractivity contribution in [1.29, 1.82) is 0 Å². The van der Waals surface area contributed by atoms with E-state index >= 15 is 0 Å². The van der Waals surface area contributed by atoms with E-state index in [4.69, 9.17) is 21.1 Å². The molecule has 0 spiro atoms. The largest absolute Gasteiger partial charge is 0.497 e. The van der Waals surface area contributed by atoms with Gasteiger partial charge in [-0.25, -0.2) is 0 Å². The highest BCUT2D eigenvalue weighted by molar-refractivity contribution is 6.30. The number of hydrogen-bond donors (Lipinski definition) is 2. The number of hydrogen-bond acceptors (Lipinski definition) is 3. The van der Waals surface area contributed by atoms with Gasteiger partial charge in [0.15, 0.2) is 5.96 Å². The summed E-state index contributed by atoms with van der Waals surface area (Å²) in [6, 6.07) is 15.2. The van der Waals surface area contributed by atoms with Crippen molar-refractivity contribution in [3.05, 3.63) is 59.1 Å². The van der Waals surface area contributed by atoms with Crippen LogP contribution in [0.3, 0.4) is 0 Å². The van der Waals surface area contributed by atoms with Gasteiger partial charge in [-0.2, -0.15) is 0 Å². The Morgan fingerprint density at radius 2 is 1.67 bits per heavy atom. The van der Waals surface area contributed by atoms with Gasteiger partial charge in [-0.15, -0.1) is 0 Å². The first-order valence-corrected chi connectivity index (χ1v) is 8.05. The van der Waals surface area contributed by atoms with Crippen LogP contribution in [0.1, 0.15) is 5.56 Å². The fraction of sp³-hybridized carbons (Fsp3) is 0.278. The molecule has 0 heterocycles. The molecule has 2 aromatic rings. The number of benzene rings is 2. The minimum atomic E-state index is 0.536. The van der Waals surface area contributed by atoms with Crippen LogP contribution in [-0.4, -0.2) is 33.3 Å². The van der Waals surface area contributed by atoms with Crippen LogP contribution in [0.15, 0.2) is 53.5 Å².